The first-order valence-electron chi connectivity index (χ1n) is 11.0. The number of benzene rings is 2. The zero-order valence-corrected chi connectivity index (χ0v) is 18.3. The average molecular weight is 436 g/mol. The van der Waals surface area contributed by atoms with E-state index in [1.807, 2.05) is 48.5 Å². The van der Waals surface area contributed by atoms with Crippen molar-refractivity contribution in [2.45, 2.75) is 32.5 Å². The van der Waals surface area contributed by atoms with Crippen molar-refractivity contribution in [1.82, 2.24) is 9.80 Å². The summed E-state index contributed by atoms with van der Waals surface area (Å²) in [5.41, 5.74) is 8.52. The minimum absolute atomic E-state index is 0.130. The number of fused-ring (bicyclic) bond motifs is 1. The second-order valence-electron chi connectivity index (χ2n) is 7.99. The molecule has 1 amide bonds. The van der Waals surface area contributed by atoms with Crippen LogP contribution in [0.25, 0.3) is 11.0 Å². The molecule has 7 nitrogen and oxygen atoms in total. The van der Waals surface area contributed by atoms with Crippen molar-refractivity contribution in [2.24, 2.45) is 5.73 Å². The summed E-state index contributed by atoms with van der Waals surface area (Å²) in [6, 6.07) is 16.8. The monoisotopic (exact) mass is 435 g/mol. The molecule has 1 aliphatic rings. The molecule has 168 valence electrons. The Hall–Kier alpha value is -3.16. The number of ether oxygens (including phenoxy) is 1. The van der Waals surface area contributed by atoms with Crippen molar-refractivity contribution in [3.8, 4) is 0 Å². The van der Waals surface area contributed by atoms with E-state index in [4.69, 9.17) is 14.9 Å². The highest BCUT2D eigenvalue weighted by atomic mass is 16.5. The Bertz CT molecular complexity index is 1080. The van der Waals surface area contributed by atoms with Crippen molar-refractivity contribution < 1.29 is 18.7 Å². The third-order valence-electron chi connectivity index (χ3n) is 5.94. The van der Waals surface area contributed by atoms with Crippen molar-refractivity contribution in [2.75, 3.05) is 26.2 Å². The summed E-state index contributed by atoms with van der Waals surface area (Å²) in [4.78, 5) is 29.1. The van der Waals surface area contributed by atoms with Gasteiger partial charge in [0.2, 0.25) is 5.91 Å². The van der Waals surface area contributed by atoms with Crippen molar-refractivity contribution in [3.63, 3.8) is 0 Å². The predicted molar refractivity (Wildman–Crippen MR) is 122 cm³/mol. The van der Waals surface area contributed by atoms with E-state index < -0.39 is 12.0 Å². The number of hydrogen-bond donors (Lipinski definition) is 1. The van der Waals surface area contributed by atoms with Gasteiger partial charge in [0.15, 0.2) is 0 Å². The zero-order chi connectivity index (χ0) is 22.5. The predicted octanol–water partition coefficient (Wildman–Crippen LogP) is 2.71. The minimum atomic E-state index is -0.688. The second-order valence-corrected chi connectivity index (χ2v) is 7.99. The topological polar surface area (TPSA) is 89.0 Å². The van der Waals surface area contributed by atoms with Gasteiger partial charge in [0.05, 0.1) is 6.54 Å². The Morgan fingerprint density at radius 2 is 1.84 bits per heavy atom. The van der Waals surface area contributed by atoms with Gasteiger partial charge in [0, 0.05) is 43.5 Å². The van der Waals surface area contributed by atoms with Crippen LogP contribution in [0.1, 0.15) is 23.8 Å². The minimum Gasteiger partial charge on any atom is -0.461 e. The van der Waals surface area contributed by atoms with Gasteiger partial charge in [-0.25, -0.2) is 4.79 Å². The molecule has 2 N–H and O–H groups in total. The first-order chi connectivity index (χ1) is 15.6. The standard InChI is InChI=1S/C25H29N3O4/c1-2-22-20(19-10-6-7-11-23(19)32-22)15-27-12-13-28(24(29)14-26)21(16-27)25(30)31-17-18-8-4-3-5-9-18/h3-11,21H,2,12-17,26H2,1H3. The van der Waals surface area contributed by atoms with Crippen molar-refractivity contribution in [3.05, 3.63) is 71.5 Å². The molecule has 4 rings (SSSR count). The van der Waals surface area contributed by atoms with Gasteiger partial charge in [-0.1, -0.05) is 55.5 Å². The van der Waals surface area contributed by atoms with E-state index in [0.29, 0.717) is 26.2 Å². The Morgan fingerprint density at radius 3 is 2.59 bits per heavy atom. The lowest BCUT2D eigenvalue weighted by atomic mass is 10.1. The molecule has 0 bridgehead atoms. The van der Waals surface area contributed by atoms with Crippen molar-refractivity contribution >= 4 is 22.8 Å². The highest BCUT2D eigenvalue weighted by molar-refractivity contribution is 5.86. The molecule has 1 unspecified atom stereocenters. The number of nitrogens with two attached hydrogens (primary N) is 1. The maximum absolute atomic E-state index is 13.0. The largest absolute Gasteiger partial charge is 0.461 e. The quantitative estimate of drug-likeness (QED) is 0.574. The number of rotatable bonds is 7. The highest BCUT2D eigenvalue weighted by Gasteiger charge is 2.36. The Morgan fingerprint density at radius 1 is 1.09 bits per heavy atom. The van der Waals surface area contributed by atoms with Gasteiger partial charge in [0.1, 0.15) is 24.0 Å². The molecule has 0 radical (unpaired) electrons. The van der Waals surface area contributed by atoms with Crippen LogP contribution in [-0.4, -0.2) is 53.9 Å². The van der Waals surface area contributed by atoms with Crippen LogP contribution in [0.5, 0.6) is 0 Å². The molecule has 0 saturated carbocycles. The van der Waals surface area contributed by atoms with Crippen LogP contribution < -0.4 is 5.73 Å². The molecule has 32 heavy (non-hydrogen) atoms. The number of amides is 1. The summed E-state index contributed by atoms with van der Waals surface area (Å²) in [6.45, 7) is 4.23. The van der Waals surface area contributed by atoms with E-state index >= 15 is 0 Å². The smallest absolute Gasteiger partial charge is 0.330 e. The maximum Gasteiger partial charge on any atom is 0.330 e. The number of hydrogen-bond acceptors (Lipinski definition) is 6. The summed E-state index contributed by atoms with van der Waals surface area (Å²) in [5, 5.41) is 1.09. The molecule has 2 heterocycles. The van der Waals surface area contributed by atoms with E-state index in [0.717, 1.165) is 34.3 Å². The number of carbonyl (C=O) groups excluding carboxylic acids is 2. The molecule has 2 aromatic carbocycles. The molecule has 1 aliphatic heterocycles. The van der Waals surface area contributed by atoms with E-state index in [9.17, 15) is 9.59 Å². The lowest BCUT2D eigenvalue weighted by Gasteiger charge is -2.40. The molecule has 1 fully saturated rings. The van der Waals surface area contributed by atoms with Crippen LogP contribution >= 0.6 is 0 Å². The van der Waals surface area contributed by atoms with Gasteiger partial charge in [-0.05, 0) is 11.6 Å². The average Bonchev–Trinajstić information content (AvgIpc) is 3.20. The van der Waals surface area contributed by atoms with Gasteiger partial charge in [-0.2, -0.15) is 0 Å². The normalized spacial score (nSPS) is 16.9. The Kier molecular flexibility index (Phi) is 6.87. The van der Waals surface area contributed by atoms with E-state index in [2.05, 4.69) is 17.9 Å². The van der Waals surface area contributed by atoms with Crippen LogP contribution in [0, 0.1) is 0 Å². The number of nitrogens with zero attached hydrogens (tertiary/aromatic N) is 2. The maximum atomic E-state index is 13.0. The number of esters is 1. The lowest BCUT2D eigenvalue weighted by Crippen LogP contribution is -2.59. The Labute approximate surface area is 187 Å². The summed E-state index contributed by atoms with van der Waals surface area (Å²) >= 11 is 0. The fraction of sp³-hybridized carbons (Fsp3) is 0.360. The lowest BCUT2D eigenvalue weighted by molar-refractivity contribution is -0.159. The van der Waals surface area contributed by atoms with Crippen LogP contribution in [0.15, 0.2) is 59.0 Å². The fourth-order valence-corrected chi connectivity index (χ4v) is 4.26. The molecule has 0 aliphatic carbocycles. The third-order valence-corrected chi connectivity index (χ3v) is 5.94. The summed E-state index contributed by atoms with van der Waals surface area (Å²) < 4.78 is 11.6. The van der Waals surface area contributed by atoms with E-state index in [1.165, 1.54) is 0 Å². The van der Waals surface area contributed by atoms with Gasteiger partial charge >= 0.3 is 5.97 Å². The molecular weight excluding hydrogens is 406 g/mol. The van der Waals surface area contributed by atoms with Crippen molar-refractivity contribution in [1.29, 1.82) is 0 Å². The zero-order valence-electron chi connectivity index (χ0n) is 18.3. The third kappa shape index (κ3) is 4.69. The number of aryl methyl sites for hydroxylation is 1. The number of carbonyl (C=O) groups is 2. The van der Waals surface area contributed by atoms with Crippen LogP contribution in [0.4, 0.5) is 0 Å². The number of para-hydroxylation sites is 1. The summed E-state index contributed by atoms with van der Waals surface area (Å²) in [7, 11) is 0. The van der Waals surface area contributed by atoms with Gasteiger partial charge in [-0.3, -0.25) is 9.69 Å². The molecule has 3 aromatic rings. The SMILES string of the molecule is CCc1oc2ccccc2c1CN1CCN(C(=O)CN)C(C(=O)OCc2ccccc2)C1. The second kappa shape index (κ2) is 9.97. The fourth-order valence-electron chi connectivity index (χ4n) is 4.26. The first kappa shape index (κ1) is 22.0. The van der Waals surface area contributed by atoms with Crippen LogP contribution in [-0.2, 0) is 33.9 Å². The Balaban J connectivity index is 1.51. The summed E-state index contributed by atoms with van der Waals surface area (Å²) in [6.07, 6.45) is 0.790. The molecule has 1 aromatic heterocycles. The molecule has 1 saturated heterocycles. The molecule has 7 heteroatoms. The number of furan rings is 1. The number of piperazine rings is 1. The summed E-state index contributed by atoms with van der Waals surface area (Å²) in [5.74, 6) is 0.303. The molecule has 0 spiro atoms. The van der Waals surface area contributed by atoms with E-state index in [1.54, 1.807) is 4.90 Å². The highest BCUT2D eigenvalue weighted by Crippen LogP contribution is 2.28. The van der Waals surface area contributed by atoms with Gasteiger partial charge in [-0.15, -0.1) is 0 Å². The van der Waals surface area contributed by atoms with Gasteiger partial charge < -0.3 is 19.8 Å². The molecular formula is C25H29N3O4. The van der Waals surface area contributed by atoms with E-state index in [-0.39, 0.29) is 19.1 Å². The van der Waals surface area contributed by atoms with Crippen LogP contribution in [0.3, 0.4) is 0 Å². The molecule has 1 atom stereocenters. The first-order valence-corrected chi connectivity index (χ1v) is 11.0. The van der Waals surface area contributed by atoms with Crippen LogP contribution in [0.2, 0.25) is 0 Å². The van der Waals surface area contributed by atoms with Gasteiger partial charge in [0.25, 0.3) is 0 Å².